The molecule has 3 heterocycles. The van der Waals surface area contributed by atoms with Crippen molar-refractivity contribution in [1.82, 2.24) is 19.1 Å². The van der Waals surface area contributed by atoms with E-state index >= 15 is 0 Å². The van der Waals surface area contributed by atoms with Crippen LogP contribution in [0.5, 0.6) is 0 Å². The normalized spacial score (nSPS) is 24.1. The van der Waals surface area contributed by atoms with Gasteiger partial charge in [-0.25, -0.2) is 13.2 Å². The van der Waals surface area contributed by atoms with E-state index in [9.17, 15) is 13.2 Å². The van der Waals surface area contributed by atoms with Gasteiger partial charge >= 0.3 is 5.76 Å². The molecule has 9 heteroatoms. The highest BCUT2D eigenvalue weighted by molar-refractivity contribution is 7.89. The SMILES string of the molecule is O=c1[nH]c2cc(S(=O)(=O)N3CC(N4CCN(C5CCCCC5)CC4)C3)ccc2o1. The number of rotatable bonds is 4. The van der Waals surface area contributed by atoms with E-state index in [2.05, 4.69) is 14.8 Å². The van der Waals surface area contributed by atoms with Gasteiger partial charge in [0.25, 0.3) is 0 Å². The Bertz CT molecular complexity index is 1030. The van der Waals surface area contributed by atoms with E-state index in [-0.39, 0.29) is 4.90 Å². The lowest BCUT2D eigenvalue weighted by molar-refractivity contribution is 0.0202. The van der Waals surface area contributed by atoms with Gasteiger partial charge in [0.1, 0.15) is 0 Å². The van der Waals surface area contributed by atoms with E-state index in [4.69, 9.17) is 4.42 Å². The lowest BCUT2D eigenvalue weighted by atomic mass is 9.93. The molecule has 5 rings (SSSR count). The highest BCUT2D eigenvalue weighted by Crippen LogP contribution is 2.28. The van der Waals surface area contributed by atoms with Crippen molar-refractivity contribution in [2.45, 2.75) is 49.1 Å². The Morgan fingerprint density at radius 1 is 0.931 bits per heavy atom. The number of sulfonamides is 1. The fourth-order valence-corrected chi connectivity index (χ4v) is 6.54. The lowest BCUT2D eigenvalue weighted by Gasteiger charge is -2.48. The van der Waals surface area contributed by atoms with Gasteiger partial charge in [0.2, 0.25) is 10.0 Å². The third-order valence-electron chi connectivity index (χ3n) is 6.81. The number of hydrogen-bond donors (Lipinski definition) is 1. The first-order valence-electron chi connectivity index (χ1n) is 10.6. The largest absolute Gasteiger partial charge is 0.417 e. The summed E-state index contributed by atoms with van der Waals surface area (Å²) >= 11 is 0. The number of hydrogen-bond acceptors (Lipinski definition) is 6. The Morgan fingerprint density at radius 2 is 1.59 bits per heavy atom. The molecule has 0 radical (unpaired) electrons. The van der Waals surface area contributed by atoms with E-state index in [0.717, 1.165) is 32.2 Å². The third-order valence-corrected chi connectivity index (χ3v) is 8.64. The van der Waals surface area contributed by atoms with Crippen LogP contribution in [0, 0.1) is 0 Å². The molecule has 1 N–H and O–H groups in total. The summed E-state index contributed by atoms with van der Waals surface area (Å²) in [7, 11) is -3.55. The lowest BCUT2D eigenvalue weighted by Crippen LogP contribution is -2.64. The van der Waals surface area contributed by atoms with Crippen molar-refractivity contribution < 1.29 is 12.8 Å². The molecule has 29 heavy (non-hydrogen) atoms. The molecule has 0 amide bonds. The Kier molecular flexibility index (Phi) is 5.01. The van der Waals surface area contributed by atoms with E-state index < -0.39 is 15.8 Å². The maximum atomic E-state index is 12.9. The molecule has 2 aliphatic heterocycles. The fourth-order valence-electron chi connectivity index (χ4n) is 5.00. The first kappa shape index (κ1) is 19.3. The summed E-state index contributed by atoms with van der Waals surface area (Å²) in [6.07, 6.45) is 6.77. The van der Waals surface area contributed by atoms with Gasteiger partial charge in [-0.2, -0.15) is 4.31 Å². The summed E-state index contributed by atoms with van der Waals surface area (Å²) in [5.74, 6) is -0.578. The van der Waals surface area contributed by atoms with Gasteiger partial charge in [0, 0.05) is 51.4 Å². The van der Waals surface area contributed by atoms with Crippen molar-refractivity contribution in [2.24, 2.45) is 0 Å². The van der Waals surface area contributed by atoms with Gasteiger partial charge in [-0.1, -0.05) is 19.3 Å². The zero-order valence-electron chi connectivity index (χ0n) is 16.5. The van der Waals surface area contributed by atoms with Gasteiger partial charge in [0.15, 0.2) is 5.58 Å². The molecule has 2 saturated heterocycles. The molecule has 8 nitrogen and oxygen atoms in total. The van der Waals surface area contributed by atoms with Gasteiger partial charge in [-0.05, 0) is 31.0 Å². The molecular formula is C20H28N4O4S. The Hall–Kier alpha value is -1.68. The zero-order valence-corrected chi connectivity index (χ0v) is 17.4. The number of H-pyrrole nitrogens is 1. The average Bonchev–Trinajstić information content (AvgIpc) is 3.07. The molecule has 2 aromatic rings. The van der Waals surface area contributed by atoms with E-state index in [1.54, 1.807) is 0 Å². The molecule has 0 atom stereocenters. The number of aromatic amines is 1. The number of piperazine rings is 1. The predicted molar refractivity (Wildman–Crippen MR) is 109 cm³/mol. The van der Waals surface area contributed by atoms with Crippen molar-refractivity contribution in [1.29, 1.82) is 0 Å². The van der Waals surface area contributed by atoms with Crippen molar-refractivity contribution in [2.75, 3.05) is 39.3 Å². The molecule has 0 bridgehead atoms. The number of fused-ring (bicyclic) bond motifs is 1. The number of oxazole rings is 1. The van der Waals surface area contributed by atoms with E-state index in [1.807, 2.05) is 0 Å². The van der Waals surface area contributed by atoms with E-state index in [0.29, 0.717) is 30.2 Å². The Labute approximate surface area is 170 Å². The number of nitrogens with zero attached hydrogens (tertiary/aromatic N) is 3. The minimum Gasteiger partial charge on any atom is -0.408 e. The van der Waals surface area contributed by atoms with Crippen LogP contribution in [0.15, 0.2) is 32.3 Å². The maximum Gasteiger partial charge on any atom is 0.417 e. The monoisotopic (exact) mass is 420 g/mol. The molecule has 0 unspecified atom stereocenters. The molecule has 3 aliphatic rings. The van der Waals surface area contributed by atoms with Crippen LogP contribution < -0.4 is 5.76 Å². The van der Waals surface area contributed by atoms with Crippen LogP contribution in [-0.2, 0) is 10.0 Å². The summed E-state index contributed by atoms with van der Waals surface area (Å²) in [4.78, 5) is 19.1. The number of aromatic nitrogens is 1. The maximum absolute atomic E-state index is 12.9. The Morgan fingerprint density at radius 3 is 2.28 bits per heavy atom. The Balaban J connectivity index is 1.18. The molecule has 1 aromatic heterocycles. The van der Waals surface area contributed by atoms with Gasteiger partial charge in [-0.3, -0.25) is 14.8 Å². The van der Waals surface area contributed by atoms with Crippen molar-refractivity contribution >= 4 is 21.1 Å². The number of nitrogens with one attached hydrogen (secondary N) is 1. The van der Waals surface area contributed by atoms with Crippen LogP contribution in [0.2, 0.25) is 0 Å². The van der Waals surface area contributed by atoms with Crippen LogP contribution in [0.3, 0.4) is 0 Å². The zero-order chi connectivity index (χ0) is 20.0. The fraction of sp³-hybridized carbons (Fsp3) is 0.650. The topological polar surface area (TPSA) is 89.9 Å². The second-order valence-corrected chi connectivity index (χ2v) is 10.5. The van der Waals surface area contributed by atoms with Crippen LogP contribution in [-0.4, -0.2) is 78.9 Å². The average molecular weight is 421 g/mol. The second kappa shape index (κ2) is 7.54. The van der Waals surface area contributed by atoms with Gasteiger partial charge in [-0.15, -0.1) is 0 Å². The summed E-state index contributed by atoms with van der Waals surface area (Å²) in [5.41, 5.74) is 0.776. The van der Waals surface area contributed by atoms with Crippen molar-refractivity contribution in [3.8, 4) is 0 Å². The van der Waals surface area contributed by atoms with Crippen LogP contribution in [0.4, 0.5) is 0 Å². The second-order valence-electron chi connectivity index (χ2n) is 8.51. The first-order valence-corrected chi connectivity index (χ1v) is 12.1. The minimum absolute atomic E-state index is 0.197. The smallest absolute Gasteiger partial charge is 0.408 e. The predicted octanol–water partition coefficient (Wildman–Crippen LogP) is 1.44. The van der Waals surface area contributed by atoms with E-state index in [1.165, 1.54) is 54.6 Å². The molecule has 158 valence electrons. The molecule has 1 aromatic carbocycles. The first-order chi connectivity index (χ1) is 14.0. The molecule has 1 saturated carbocycles. The summed E-state index contributed by atoms with van der Waals surface area (Å²) < 4.78 is 32.3. The van der Waals surface area contributed by atoms with Crippen LogP contribution in [0.1, 0.15) is 32.1 Å². The summed E-state index contributed by atoms with van der Waals surface area (Å²) in [5, 5.41) is 0. The molecule has 1 aliphatic carbocycles. The third kappa shape index (κ3) is 3.65. The van der Waals surface area contributed by atoms with Crippen LogP contribution in [0.25, 0.3) is 11.1 Å². The molecule has 3 fully saturated rings. The van der Waals surface area contributed by atoms with Crippen molar-refractivity contribution in [3.63, 3.8) is 0 Å². The van der Waals surface area contributed by atoms with Gasteiger partial charge in [0.05, 0.1) is 10.4 Å². The molecule has 0 spiro atoms. The summed E-state index contributed by atoms with van der Waals surface area (Å²) in [6, 6.07) is 5.57. The number of benzene rings is 1. The highest BCUT2D eigenvalue weighted by Gasteiger charge is 2.41. The molecular weight excluding hydrogens is 392 g/mol. The quantitative estimate of drug-likeness (QED) is 0.805. The van der Waals surface area contributed by atoms with Crippen LogP contribution >= 0.6 is 0 Å². The summed E-state index contributed by atoms with van der Waals surface area (Å²) in [6.45, 7) is 5.31. The highest BCUT2D eigenvalue weighted by atomic mass is 32.2. The standard InChI is InChI=1S/C20H28N4O4S/c25-20-21-18-12-17(6-7-19(18)28-20)29(26,27)24-13-16(14-24)23-10-8-22(9-11-23)15-4-2-1-3-5-15/h6-7,12,15-16H,1-5,8-11,13-14H2,(H,21,25). The van der Waals surface area contributed by atoms with Crippen molar-refractivity contribution in [3.05, 3.63) is 28.7 Å². The van der Waals surface area contributed by atoms with Gasteiger partial charge < -0.3 is 4.42 Å². The minimum atomic E-state index is -3.55.